The summed E-state index contributed by atoms with van der Waals surface area (Å²) < 4.78 is 27.4. The first kappa shape index (κ1) is 22.2. The molecule has 0 radical (unpaired) electrons. The Bertz CT molecular complexity index is 781. The van der Waals surface area contributed by atoms with Gasteiger partial charge in [-0.05, 0) is 37.1 Å². The van der Waals surface area contributed by atoms with Crippen molar-refractivity contribution in [2.75, 3.05) is 66.0 Å². The van der Waals surface area contributed by atoms with Crippen LogP contribution in [0.4, 0.5) is 0 Å². The quantitative estimate of drug-likeness (QED) is 0.691. The van der Waals surface area contributed by atoms with Crippen molar-refractivity contribution in [2.24, 2.45) is 0 Å². The Morgan fingerprint density at radius 2 is 1.55 bits per heavy atom. The van der Waals surface area contributed by atoms with E-state index in [0.29, 0.717) is 43.5 Å². The molecule has 1 aromatic rings. The van der Waals surface area contributed by atoms with E-state index in [2.05, 4.69) is 30.7 Å². The van der Waals surface area contributed by atoms with Gasteiger partial charge in [-0.2, -0.15) is 4.31 Å². The monoisotopic (exact) mass is 422 g/mol. The lowest BCUT2D eigenvalue weighted by atomic mass is 9.99. The van der Waals surface area contributed by atoms with Crippen LogP contribution in [-0.2, 0) is 14.8 Å². The molecule has 0 unspecified atom stereocenters. The van der Waals surface area contributed by atoms with Crippen LogP contribution in [0, 0.1) is 0 Å². The van der Waals surface area contributed by atoms with Crippen molar-refractivity contribution in [3.8, 4) is 0 Å². The molecule has 2 fully saturated rings. The van der Waals surface area contributed by atoms with Gasteiger partial charge in [0.2, 0.25) is 15.9 Å². The Kier molecular flexibility index (Phi) is 7.32. The van der Waals surface area contributed by atoms with Crippen molar-refractivity contribution in [3.05, 3.63) is 29.8 Å². The average molecular weight is 423 g/mol. The van der Waals surface area contributed by atoms with Gasteiger partial charge in [0.25, 0.3) is 0 Å². The van der Waals surface area contributed by atoms with Crippen LogP contribution < -0.4 is 0 Å². The summed E-state index contributed by atoms with van der Waals surface area (Å²) in [5, 5.41) is 0. The Balaban J connectivity index is 1.54. The minimum Gasteiger partial charge on any atom is -0.339 e. The fraction of sp³-hybridized carbons (Fsp3) is 0.667. The summed E-state index contributed by atoms with van der Waals surface area (Å²) in [6.45, 7) is 10.1. The van der Waals surface area contributed by atoms with E-state index in [1.54, 1.807) is 17.0 Å². The summed E-state index contributed by atoms with van der Waals surface area (Å²) >= 11 is 0. The second kappa shape index (κ2) is 9.55. The number of nitrogens with zero attached hydrogens (tertiary/aromatic N) is 4. The molecule has 0 spiro atoms. The minimum atomic E-state index is -3.51. The molecule has 1 atom stereocenters. The van der Waals surface area contributed by atoms with Crippen LogP contribution in [0.3, 0.4) is 0 Å². The standard InChI is InChI=1S/C21H34N4O3S/c1-4-18(2)19-5-7-20(8-6-19)29(27,28)25-15-13-24(14-16-25)21(26)17-23-11-9-22(3)10-12-23/h5-8,18H,4,9-17H2,1-3H3/t18-/m0/s1. The van der Waals surface area contributed by atoms with Crippen molar-refractivity contribution < 1.29 is 13.2 Å². The predicted octanol–water partition coefficient (Wildman–Crippen LogP) is 1.28. The highest BCUT2D eigenvalue weighted by molar-refractivity contribution is 7.89. The summed E-state index contributed by atoms with van der Waals surface area (Å²) in [5.74, 6) is 0.520. The van der Waals surface area contributed by atoms with Gasteiger partial charge in [0.05, 0.1) is 11.4 Å². The zero-order valence-electron chi connectivity index (χ0n) is 17.9. The number of amides is 1. The van der Waals surface area contributed by atoms with E-state index in [4.69, 9.17) is 0 Å². The molecule has 7 nitrogen and oxygen atoms in total. The van der Waals surface area contributed by atoms with Crippen molar-refractivity contribution >= 4 is 15.9 Å². The number of hydrogen-bond acceptors (Lipinski definition) is 5. The number of piperazine rings is 2. The molecule has 1 amide bonds. The number of likely N-dealkylation sites (N-methyl/N-ethyl adjacent to an activating group) is 1. The summed E-state index contributed by atoms with van der Waals surface area (Å²) in [5.41, 5.74) is 1.16. The highest BCUT2D eigenvalue weighted by atomic mass is 32.2. The Morgan fingerprint density at radius 3 is 2.10 bits per heavy atom. The third-order valence-corrected chi connectivity index (χ3v) is 8.16. The summed E-state index contributed by atoms with van der Waals surface area (Å²) in [6, 6.07) is 7.25. The fourth-order valence-electron chi connectivity index (χ4n) is 3.83. The van der Waals surface area contributed by atoms with E-state index < -0.39 is 10.0 Å². The smallest absolute Gasteiger partial charge is 0.243 e. The van der Waals surface area contributed by atoms with Crippen LogP contribution in [-0.4, -0.2) is 99.3 Å². The molecule has 0 saturated carbocycles. The molecule has 2 heterocycles. The molecule has 0 aliphatic carbocycles. The molecule has 8 heteroatoms. The van der Waals surface area contributed by atoms with Crippen LogP contribution >= 0.6 is 0 Å². The van der Waals surface area contributed by atoms with E-state index in [0.717, 1.165) is 38.2 Å². The lowest BCUT2D eigenvalue weighted by Crippen LogP contribution is -2.54. The molecule has 0 aromatic heterocycles. The molecule has 162 valence electrons. The van der Waals surface area contributed by atoms with Gasteiger partial charge in [-0.25, -0.2) is 8.42 Å². The lowest BCUT2D eigenvalue weighted by Gasteiger charge is -2.36. The third-order valence-electron chi connectivity index (χ3n) is 6.25. The zero-order chi connectivity index (χ0) is 21.0. The lowest BCUT2D eigenvalue weighted by molar-refractivity contribution is -0.134. The molecule has 29 heavy (non-hydrogen) atoms. The topological polar surface area (TPSA) is 64.2 Å². The van der Waals surface area contributed by atoms with Gasteiger partial charge in [0.15, 0.2) is 0 Å². The minimum absolute atomic E-state index is 0.101. The number of sulfonamides is 1. The zero-order valence-corrected chi connectivity index (χ0v) is 18.7. The first-order chi connectivity index (χ1) is 13.8. The van der Waals surface area contributed by atoms with Crippen LogP contribution in [0.1, 0.15) is 31.7 Å². The SMILES string of the molecule is CC[C@H](C)c1ccc(S(=O)(=O)N2CCN(C(=O)CN3CCN(C)CC3)CC2)cc1. The van der Waals surface area contributed by atoms with Crippen LogP contribution in [0.15, 0.2) is 29.2 Å². The second-order valence-electron chi connectivity index (χ2n) is 8.24. The van der Waals surface area contributed by atoms with Gasteiger partial charge in [-0.1, -0.05) is 26.0 Å². The largest absolute Gasteiger partial charge is 0.339 e. The van der Waals surface area contributed by atoms with Crippen molar-refractivity contribution in [3.63, 3.8) is 0 Å². The van der Waals surface area contributed by atoms with Gasteiger partial charge in [0, 0.05) is 52.4 Å². The molecule has 2 aliphatic rings. The fourth-order valence-corrected chi connectivity index (χ4v) is 5.25. The van der Waals surface area contributed by atoms with Crippen molar-refractivity contribution in [1.29, 1.82) is 0 Å². The second-order valence-corrected chi connectivity index (χ2v) is 10.2. The number of carbonyl (C=O) groups excluding carboxylic acids is 1. The number of carbonyl (C=O) groups is 1. The molecule has 2 aliphatic heterocycles. The first-order valence-electron chi connectivity index (χ1n) is 10.6. The summed E-state index contributed by atoms with van der Waals surface area (Å²) in [6.07, 6.45) is 1.02. The molecule has 0 bridgehead atoms. The Hall–Kier alpha value is -1.48. The summed E-state index contributed by atoms with van der Waals surface area (Å²) in [7, 11) is -1.42. The van der Waals surface area contributed by atoms with Crippen LogP contribution in [0.2, 0.25) is 0 Å². The Morgan fingerprint density at radius 1 is 0.966 bits per heavy atom. The Labute approximate surface area is 175 Å². The third kappa shape index (κ3) is 5.36. The summed E-state index contributed by atoms with van der Waals surface area (Å²) in [4.78, 5) is 19.2. The van der Waals surface area contributed by atoms with Crippen LogP contribution in [0.25, 0.3) is 0 Å². The predicted molar refractivity (Wildman–Crippen MR) is 114 cm³/mol. The first-order valence-corrected chi connectivity index (χ1v) is 12.0. The highest BCUT2D eigenvalue weighted by Crippen LogP contribution is 2.23. The average Bonchev–Trinajstić information content (AvgIpc) is 2.75. The van der Waals surface area contributed by atoms with E-state index in [9.17, 15) is 13.2 Å². The van der Waals surface area contributed by atoms with E-state index in [1.165, 1.54) is 4.31 Å². The van der Waals surface area contributed by atoms with Gasteiger partial charge >= 0.3 is 0 Å². The number of rotatable bonds is 6. The highest BCUT2D eigenvalue weighted by Gasteiger charge is 2.30. The molecular formula is C21H34N4O3S. The van der Waals surface area contributed by atoms with E-state index >= 15 is 0 Å². The molecule has 2 saturated heterocycles. The molecule has 3 rings (SSSR count). The maximum absolute atomic E-state index is 13.0. The van der Waals surface area contributed by atoms with Gasteiger partial charge in [-0.3, -0.25) is 9.69 Å². The van der Waals surface area contributed by atoms with Crippen molar-refractivity contribution in [2.45, 2.75) is 31.1 Å². The van der Waals surface area contributed by atoms with Gasteiger partial charge in [-0.15, -0.1) is 0 Å². The number of benzene rings is 1. The maximum Gasteiger partial charge on any atom is 0.243 e. The van der Waals surface area contributed by atoms with E-state index in [-0.39, 0.29) is 5.91 Å². The van der Waals surface area contributed by atoms with E-state index in [1.807, 2.05) is 12.1 Å². The normalized spacial score (nSPS) is 21.3. The maximum atomic E-state index is 13.0. The number of hydrogen-bond donors (Lipinski definition) is 0. The molecule has 0 N–H and O–H groups in total. The van der Waals surface area contributed by atoms with Crippen molar-refractivity contribution in [1.82, 2.24) is 19.0 Å². The van der Waals surface area contributed by atoms with Crippen LogP contribution in [0.5, 0.6) is 0 Å². The molecule has 1 aromatic carbocycles. The van der Waals surface area contributed by atoms with Gasteiger partial charge < -0.3 is 9.80 Å². The van der Waals surface area contributed by atoms with Gasteiger partial charge in [0.1, 0.15) is 0 Å². The molecular weight excluding hydrogens is 388 g/mol.